The van der Waals surface area contributed by atoms with Crippen molar-refractivity contribution in [3.63, 3.8) is 0 Å². The van der Waals surface area contributed by atoms with E-state index in [-0.39, 0.29) is 5.38 Å². The van der Waals surface area contributed by atoms with E-state index in [0.29, 0.717) is 12.5 Å². The Morgan fingerprint density at radius 1 is 1.44 bits per heavy atom. The molecule has 2 rings (SSSR count). The lowest BCUT2D eigenvalue weighted by Gasteiger charge is -2.22. The molecule has 1 fully saturated rings. The summed E-state index contributed by atoms with van der Waals surface area (Å²) in [5.74, 6) is 2.24. The first-order chi connectivity index (χ1) is 8.63. The summed E-state index contributed by atoms with van der Waals surface area (Å²) in [4.78, 5) is 0. The van der Waals surface area contributed by atoms with Crippen molar-refractivity contribution in [2.45, 2.75) is 38.5 Å². The fraction of sp³-hybridized carbons (Fsp3) is 0.600. The van der Waals surface area contributed by atoms with Crippen LogP contribution in [-0.2, 0) is 0 Å². The van der Waals surface area contributed by atoms with Crippen molar-refractivity contribution in [1.29, 1.82) is 0 Å². The number of rotatable bonds is 4. The zero-order valence-corrected chi connectivity index (χ0v) is 13.3. The standard InChI is InChI=1S/C15H20BrClO/c1-3-18-14-8-7-11(9-13(14)16)15(17)12-6-4-5-10(12)2/h7-10,12,15H,3-6H2,1-2H3. The molecule has 0 bridgehead atoms. The van der Waals surface area contributed by atoms with Gasteiger partial charge in [0.15, 0.2) is 0 Å². The van der Waals surface area contributed by atoms with Crippen LogP contribution in [-0.4, -0.2) is 6.61 Å². The summed E-state index contributed by atoms with van der Waals surface area (Å²) in [5, 5.41) is 0.120. The van der Waals surface area contributed by atoms with Crippen LogP contribution in [0.15, 0.2) is 22.7 Å². The number of ether oxygens (including phenoxy) is 1. The molecule has 1 aromatic carbocycles. The predicted molar refractivity (Wildman–Crippen MR) is 80.4 cm³/mol. The van der Waals surface area contributed by atoms with Crippen molar-refractivity contribution in [1.82, 2.24) is 0 Å². The lowest BCUT2D eigenvalue weighted by Crippen LogP contribution is -2.11. The highest BCUT2D eigenvalue weighted by Crippen LogP contribution is 2.44. The molecule has 1 aromatic rings. The average molecular weight is 332 g/mol. The number of hydrogen-bond acceptors (Lipinski definition) is 1. The van der Waals surface area contributed by atoms with Gasteiger partial charge in [0.25, 0.3) is 0 Å². The van der Waals surface area contributed by atoms with E-state index in [1.807, 2.05) is 13.0 Å². The van der Waals surface area contributed by atoms with E-state index in [0.717, 1.165) is 16.1 Å². The van der Waals surface area contributed by atoms with Crippen LogP contribution in [0.1, 0.15) is 44.1 Å². The minimum Gasteiger partial charge on any atom is -0.493 e. The third kappa shape index (κ3) is 3.03. The first-order valence-electron chi connectivity index (χ1n) is 6.69. The highest BCUT2D eigenvalue weighted by atomic mass is 79.9. The molecule has 0 heterocycles. The molecular formula is C15H20BrClO. The first-order valence-corrected chi connectivity index (χ1v) is 7.92. The van der Waals surface area contributed by atoms with Gasteiger partial charge in [0, 0.05) is 0 Å². The summed E-state index contributed by atoms with van der Waals surface area (Å²) in [6.07, 6.45) is 3.87. The van der Waals surface area contributed by atoms with Crippen LogP contribution in [0.25, 0.3) is 0 Å². The summed E-state index contributed by atoms with van der Waals surface area (Å²) in [5.41, 5.74) is 1.20. The average Bonchev–Trinajstić information content (AvgIpc) is 2.77. The van der Waals surface area contributed by atoms with Crippen molar-refractivity contribution in [2.24, 2.45) is 11.8 Å². The van der Waals surface area contributed by atoms with Gasteiger partial charge < -0.3 is 4.74 Å². The summed E-state index contributed by atoms with van der Waals surface area (Å²) < 4.78 is 6.53. The van der Waals surface area contributed by atoms with Crippen molar-refractivity contribution < 1.29 is 4.74 Å². The third-order valence-electron chi connectivity index (χ3n) is 3.88. The van der Waals surface area contributed by atoms with Gasteiger partial charge in [0.1, 0.15) is 5.75 Å². The minimum absolute atomic E-state index is 0.120. The van der Waals surface area contributed by atoms with E-state index in [1.54, 1.807) is 0 Å². The SMILES string of the molecule is CCOc1ccc(C(Cl)C2CCCC2C)cc1Br. The van der Waals surface area contributed by atoms with Gasteiger partial charge in [-0.15, -0.1) is 11.6 Å². The van der Waals surface area contributed by atoms with E-state index in [9.17, 15) is 0 Å². The molecule has 1 aliphatic rings. The van der Waals surface area contributed by atoms with E-state index < -0.39 is 0 Å². The highest BCUT2D eigenvalue weighted by molar-refractivity contribution is 9.10. The van der Waals surface area contributed by atoms with Crippen LogP contribution in [0.2, 0.25) is 0 Å². The molecule has 18 heavy (non-hydrogen) atoms. The quantitative estimate of drug-likeness (QED) is 0.656. The smallest absolute Gasteiger partial charge is 0.133 e. The number of alkyl halides is 1. The molecule has 3 unspecified atom stereocenters. The van der Waals surface area contributed by atoms with Crippen molar-refractivity contribution >= 4 is 27.5 Å². The highest BCUT2D eigenvalue weighted by Gasteiger charge is 2.30. The Labute approximate surface area is 123 Å². The largest absolute Gasteiger partial charge is 0.493 e. The second-order valence-electron chi connectivity index (χ2n) is 5.10. The second kappa shape index (κ2) is 6.29. The molecule has 0 aliphatic heterocycles. The maximum Gasteiger partial charge on any atom is 0.133 e. The summed E-state index contributed by atoms with van der Waals surface area (Å²) in [6.45, 7) is 4.99. The molecule has 0 amide bonds. The van der Waals surface area contributed by atoms with Crippen LogP contribution in [0.5, 0.6) is 5.75 Å². The van der Waals surface area contributed by atoms with E-state index in [2.05, 4.69) is 35.0 Å². The van der Waals surface area contributed by atoms with Crippen LogP contribution < -0.4 is 4.74 Å². The summed E-state index contributed by atoms with van der Waals surface area (Å²) in [6, 6.07) is 6.21. The van der Waals surface area contributed by atoms with Gasteiger partial charge in [-0.2, -0.15) is 0 Å². The number of hydrogen-bond donors (Lipinski definition) is 0. The zero-order valence-electron chi connectivity index (χ0n) is 11.0. The normalized spacial score (nSPS) is 25.1. The van der Waals surface area contributed by atoms with Crippen molar-refractivity contribution in [3.05, 3.63) is 28.2 Å². The Morgan fingerprint density at radius 3 is 2.78 bits per heavy atom. The molecule has 0 aromatic heterocycles. The third-order valence-corrected chi connectivity index (χ3v) is 5.07. The van der Waals surface area contributed by atoms with Crippen LogP contribution in [0.3, 0.4) is 0 Å². The number of benzene rings is 1. The summed E-state index contributed by atoms with van der Waals surface area (Å²) >= 11 is 10.2. The molecular weight excluding hydrogens is 312 g/mol. The Kier molecular flexibility index (Phi) is 4.97. The molecule has 1 aliphatic carbocycles. The van der Waals surface area contributed by atoms with Gasteiger partial charge in [0.2, 0.25) is 0 Å². The second-order valence-corrected chi connectivity index (χ2v) is 6.42. The van der Waals surface area contributed by atoms with Crippen LogP contribution in [0.4, 0.5) is 0 Å². The Balaban J connectivity index is 2.15. The fourth-order valence-corrected chi connectivity index (χ4v) is 3.84. The Hall–Kier alpha value is -0.210. The maximum atomic E-state index is 6.65. The molecule has 0 radical (unpaired) electrons. The maximum absolute atomic E-state index is 6.65. The van der Waals surface area contributed by atoms with Crippen LogP contribution >= 0.6 is 27.5 Å². The van der Waals surface area contributed by atoms with Crippen molar-refractivity contribution in [3.8, 4) is 5.75 Å². The molecule has 0 N–H and O–H groups in total. The van der Waals surface area contributed by atoms with Gasteiger partial charge in [-0.3, -0.25) is 0 Å². The van der Waals surface area contributed by atoms with Gasteiger partial charge in [-0.25, -0.2) is 0 Å². The van der Waals surface area contributed by atoms with Crippen LogP contribution in [0, 0.1) is 11.8 Å². The number of halogens is 2. The minimum atomic E-state index is 0.120. The van der Waals surface area contributed by atoms with E-state index in [1.165, 1.54) is 24.8 Å². The van der Waals surface area contributed by atoms with Gasteiger partial charge in [-0.05, 0) is 58.8 Å². The Bertz CT molecular complexity index is 407. The van der Waals surface area contributed by atoms with Gasteiger partial charge in [-0.1, -0.05) is 25.8 Å². The molecule has 100 valence electrons. The zero-order chi connectivity index (χ0) is 13.1. The molecule has 1 nitrogen and oxygen atoms in total. The molecule has 0 spiro atoms. The molecule has 0 saturated heterocycles. The molecule has 1 saturated carbocycles. The van der Waals surface area contributed by atoms with Gasteiger partial charge >= 0.3 is 0 Å². The monoisotopic (exact) mass is 330 g/mol. The van der Waals surface area contributed by atoms with Gasteiger partial charge in [0.05, 0.1) is 16.5 Å². The van der Waals surface area contributed by atoms with E-state index in [4.69, 9.17) is 16.3 Å². The summed E-state index contributed by atoms with van der Waals surface area (Å²) in [7, 11) is 0. The van der Waals surface area contributed by atoms with Crippen molar-refractivity contribution in [2.75, 3.05) is 6.61 Å². The Morgan fingerprint density at radius 2 is 2.22 bits per heavy atom. The molecule has 3 heteroatoms. The lowest BCUT2D eigenvalue weighted by molar-refractivity contribution is 0.337. The van der Waals surface area contributed by atoms with E-state index >= 15 is 0 Å². The first kappa shape index (κ1) is 14.2. The lowest BCUT2D eigenvalue weighted by atomic mass is 9.90. The topological polar surface area (TPSA) is 9.23 Å². The predicted octanol–water partition coefficient (Wildman–Crippen LogP) is 5.56. The fourth-order valence-electron chi connectivity index (χ4n) is 2.82. The molecule has 3 atom stereocenters.